The quantitative estimate of drug-likeness (QED) is 0.721. The number of fused-ring (bicyclic) bond motifs is 1. The number of likely N-dealkylation sites (N-methyl/N-ethyl adjacent to an activating group) is 1. The summed E-state index contributed by atoms with van der Waals surface area (Å²) in [6.07, 6.45) is 1.76. The summed E-state index contributed by atoms with van der Waals surface area (Å²) in [6, 6.07) is 0.308. The van der Waals surface area contributed by atoms with Gasteiger partial charge >= 0.3 is 0 Å². The largest absolute Gasteiger partial charge is 0.365 e. The van der Waals surface area contributed by atoms with Gasteiger partial charge in [0.2, 0.25) is 5.95 Å². The molecule has 0 aliphatic rings. The lowest BCUT2D eigenvalue weighted by molar-refractivity contribution is 0.344. The molecule has 0 saturated carbocycles. The second-order valence-corrected chi connectivity index (χ2v) is 5.82. The van der Waals surface area contributed by atoms with Gasteiger partial charge in [-0.05, 0) is 26.9 Å². The molecule has 0 fully saturated rings. The van der Waals surface area contributed by atoms with Gasteiger partial charge in [-0.2, -0.15) is 15.1 Å². The highest BCUT2D eigenvalue weighted by atomic mass is 15.2. The molecular weight excluding hydrogens is 266 g/mol. The van der Waals surface area contributed by atoms with Crippen LogP contribution in [0.1, 0.15) is 20.8 Å². The third kappa shape index (κ3) is 3.81. The molecule has 7 heteroatoms. The number of nitrogens with one attached hydrogen (secondary N) is 3. The Morgan fingerprint density at radius 2 is 2.05 bits per heavy atom. The van der Waals surface area contributed by atoms with Gasteiger partial charge in [-0.1, -0.05) is 13.8 Å². The summed E-state index contributed by atoms with van der Waals surface area (Å²) in [5.74, 6) is 1.93. The summed E-state index contributed by atoms with van der Waals surface area (Å²) in [5.41, 5.74) is 0.746. The molecule has 2 aromatic heterocycles. The van der Waals surface area contributed by atoms with Crippen molar-refractivity contribution < 1.29 is 0 Å². The molecule has 3 N–H and O–H groups in total. The van der Waals surface area contributed by atoms with Gasteiger partial charge in [0.25, 0.3) is 0 Å². The van der Waals surface area contributed by atoms with Gasteiger partial charge in [0.05, 0.1) is 11.6 Å². The van der Waals surface area contributed by atoms with Crippen LogP contribution in [0.15, 0.2) is 6.20 Å². The van der Waals surface area contributed by atoms with E-state index >= 15 is 0 Å². The first kappa shape index (κ1) is 15.5. The Morgan fingerprint density at radius 1 is 1.29 bits per heavy atom. The predicted molar refractivity (Wildman–Crippen MR) is 86.7 cm³/mol. The highest BCUT2D eigenvalue weighted by Gasteiger charge is 2.17. The Balaban J connectivity index is 2.32. The second-order valence-electron chi connectivity index (χ2n) is 5.82. The standard InChI is InChI=1S/C14H25N7/c1-6-15-14-18-12(10-7-16-20-13(10)19-14)17-11(9(2)3)8-21(4)5/h7,9,11H,6,8H2,1-5H3,(H3,15,16,17,18,19,20). The highest BCUT2D eigenvalue weighted by Crippen LogP contribution is 2.22. The first-order chi connectivity index (χ1) is 10.0. The maximum Gasteiger partial charge on any atom is 0.226 e. The van der Waals surface area contributed by atoms with E-state index in [0.29, 0.717) is 17.9 Å². The molecule has 2 rings (SSSR count). The van der Waals surface area contributed by atoms with Crippen LogP contribution in [0.2, 0.25) is 0 Å². The lowest BCUT2D eigenvalue weighted by Gasteiger charge is -2.26. The lowest BCUT2D eigenvalue weighted by atomic mass is 10.0. The van der Waals surface area contributed by atoms with E-state index in [1.54, 1.807) is 6.20 Å². The number of nitrogens with zero attached hydrogens (tertiary/aromatic N) is 4. The van der Waals surface area contributed by atoms with Crippen molar-refractivity contribution in [2.24, 2.45) is 5.92 Å². The fourth-order valence-electron chi connectivity index (χ4n) is 2.17. The van der Waals surface area contributed by atoms with E-state index in [4.69, 9.17) is 0 Å². The van der Waals surface area contributed by atoms with Crippen molar-refractivity contribution >= 4 is 22.8 Å². The van der Waals surface area contributed by atoms with Crippen molar-refractivity contribution in [1.29, 1.82) is 0 Å². The minimum atomic E-state index is 0.308. The summed E-state index contributed by atoms with van der Waals surface area (Å²) in [5, 5.41) is 14.6. The number of H-pyrrole nitrogens is 1. The molecule has 0 radical (unpaired) electrons. The number of rotatable bonds is 7. The van der Waals surface area contributed by atoms with Gasteiger partial charge in [0.15, 0.2) is 5.65 Å². The monoisotopic (exact) mass is 291 g/mol. The fourth-order valence-corrected chi connectivity index (χ4v) is 2.17. The van der Waals surface area contributed by atoms with Gasteiger partial charge in [-0.15, -0.1) is 0 Å². The molecule has 21 heavy (non-hydrogen) atoms. The zero-order valence-corrected chi connectivity index (χ0v) is 13.4. The Kier molecular flexibility index (Phi) is 4.95. The van der Waals surface area contributed by atoms with E-state index < -0.39 is 0 Å². The van der Waals surface area contributed by atoms with Crippen LogP contribution in [0.5, 0.6) is 0 Å². The minimum absolute atomic E-state index is 0.308. The van der Waals surface area contributed by atoms with Crippen molar-refractivity contribution in [3.05, 3.63) is 6.20 Å². The van der Waals surface area contributed by atoms with Gasteiger partial charge in [0.1, 0.15) is 5.82 Å². The maximum absolute atomic E-state index is 4.58. The topological polar surface area (TPSA) is 81.8 Å². The van der Waals surface area contributed by atoms with Crippen molar-refractivity contribution in [2.75, 3.05) is 37.8 Å². The molecule has 0 saturated heterocycles. The van der Waals surface area contributed by atoms with Gasteiger partial charge in [0, 0.05) is 19.1 Å². The highest BCUT2D eigenvalue weighted by molar-refractivity contribution is 5.87. The molecule has 116 valence electrons. The number of hydrogen-bond donors (Lipinski definition) is 3. The maximum atomic E-state index is 4.58. The summed E-state index contributed by atoms with van der Waals surface area (Å²) in [6.45, 7) is 8.17. The van der Waals surface area contributed by atoms with Crippen LogP contribution >= 0.6 is 0 Å². The Bertz CT molecular complexity index is 576. The van der Waals surface area contributed by atoms with Crippen molar-refractivity contribution in [2.45, 2.75) is 26.8 Å². The van der Waals surface area contributed by atoms with Gasteiger partial charge in [-0.25, -0.2) is 0 Å². The third-order valence-corrected chi connectivity index (χ3v) is 3.33. The molecule has 0 amide bonds. The molecule has 2 aromatic rings. The molecule has 0 aromatic carbocycles. The molecule has 0 bridgehead atoms. The second kappa shape index (κ2) is 6.71. The average Bonchev–Trinajstić information content (AvgIpc) is 2.86. The van der Waals surface area contributed by atoms with Crippen LogP contribution in [0, 0.1) is 5.92 Å². The summed E-state index contributed by atoms with van der Waals surface area (Å²) in [7, 11) is 4.16. The SMILES string of the molecule is CCNc1nc(NC(CN(C)C)C(C)C)c2cn[nH]c2n1. The first-order valence-electron chi connectivity index (χ1n) is 7.37. The Labute approximate surface area is 125 Å². The van der Waals surface area contributed by atoms with Crippen molar-refractivity contribution in [3.8, 4) is 0 Å². The molecule has 1 atom stereocenters. The lowest BCUT2D eigenvalue weighted by Crippen LogP contribution is -2.36. The van der Waals surface area contributed by atoms with E-state index in [1.807, 2.05) is 6.92 Å². The molecule has 0 aliphatic heterocycles. The van der Waals surface area contributed by atoms with Crippen molar-refractivity contribution in [3.63, 3.8) is 0 Å². The number of hydrogen-bond acceptors (Lipinski definition) is 6. The van der Waals surface area contributed by atoms with Crippen LogP contribution < -0.4 is 10.6 Å². The van der Waals surface area contributed by atoms with Crippen molar-refractivity contribution in [1.82, 2.24) is 25.1 Å². The van der Waals surface area contributed by atoms with Crippen LogP contribution in [0.25, 0.3) is 11.0 Å². The van der Waals surface area contributed by atoms with Crippen LogP contribution in [-0.2, 0) is 0 Å². The zero-order valence-electron chi connectivity index (χ0n) is 13.4. The molecule has 0 aliphatic carbocycles. The van der Waals surface area contributed by atoms with E-state index in [-0.39, 0.29) is 0 Å². The third-order valence-electron chi connectivity index (χ3n) is 3.33. The fraction of sp³-hybridized carbons (Fsp3) is 0.643. The zero-order chi connectivity index (χ0) is 15.4. The summed E-state index contributed by atoms with van der Waals surface area (Å²) < 4.78 is 0. The van der Waals surface area contributed by atoms with Gasteiger partial charge in [-0.3, -0.25) is 5.10 Å². The Morgan fingerprint density at radius 3 is 2.67 bits per heavy atom. The number of aromatic nitrogens is 4. The van der Waals surface area contributed by atoms with E-state index in [1.165, 1.54) is 0 Å². The Hall–Kier alpha value is -1.89. The molecule has 0 spiro atoms. The summed E-state index contributed by atoms with van der Waals surface area (Å²) in [4.78, 5) is 11.2. The van der Waals surface area contributed by atoms with Crippen LogP contribution in [0.4, 0.5) is 11.8 Å². The molecule has 7 nitrogen and oxygen atoms in total. The summed E-state index contributed by atoms with van der Waals surface area (Å²) >= 11 is 0. The smallest absolute Gasteiger partial charge is 0.226 e. The minimum Gasteiger partial charge on any atom is -0.365 e. The van der Waals surface area contributed by atoms with Crippen LogP contribution in [0.3, 0.4) is 0 Å². The van der Waals surface area contributed by atoms with Gasteiger partial charge < -0.3 is 15.5 Å². The number of aromatic amines is 1. The number of anilines is 2. The van der Waals surface area contributed by atoms with Crippen LogP contribution in [-0.4, -0.2) is 58.3 Å². The van der Waals surface area contributed by atoms with E-state index in [0.717, 1.165) is 29.9 Å². The molecule has 2 heterocycles. The van der Waals surface area contributed by atoms with E-state index in [2.05, 4.69) is 63.6 Å². The van der Waals surface area contributed by atoms with E-state index in [9.17, 15) is 0 Å². The normalized spacial score (nSPS) is 13.1. The molecule has 1 unspecified atom stereocenters. The molecular formula is C14H25N7. The first-order valence-corrected chi connectivity index (χ1v) is 7.37. The predicted octanol–water partition coefficient (Wildman–Crippen LogP) is 1.78. The average molecular weight is 291 g/mol.